The first-order valence-electron chi connectivity index (χ1n) is 2.59. The highest BCUT2D eigenvalue weighted by molar-refractivity contribution is 4.24. The highest BCUT2D eigenvalue weighted by Crippen LogP contribution is 1.68. The minimum atomic E-state index is 0.0258. The molecule has 44 valence electrons. The Hall–Kier alpha value is -0.120. The third-order valence-electron chi connectivity index (χ3n) is 0.463. The van der Waals surface area contributed by atoms with Gasteiger partial charge >= 0.3 is 0 Å². The summed E-state index contributed by atoms with van der Waals surface area (Å²) in [4.78, 5) is 0. The molecule has 0 aliphatic carbocycles. The van der Waals surface area contributed by atoms with Gasteiger partial charge in [-0.05, 0) is 0 Å². The molecule has 0 aromatic rings. The van der Waals surface area contributed by atoms with Gasteiger partial charge in [-0.15, -0.1) is 0 Å². The molecule has 2 N–H and O–H groups in total. The van der Waals surface area contributed by atoms with Crippen LogP contribution in [-0.4, -0.2) is 38.1 Å². The maximum atomic E-state index is 8.15. The molecule has 0 aliphatic rings. The maximum Gasteiger partial charge on any atom is 0.210 e. The molecular weight excluding hydrogens is 96.0 g/mol. The normalized spacial score (nSPS) is 11.3. The fraction of sp³-hybridized carbons (Fsp3) is 1.00. The Kier molecular flexibility index (Phi) is 4.22. The Balaban J connectivity index is 2.53. The van der Waals surface area contributed by atoms with Crippen molar-refractivity contribution in [1.29, 1.82) is 1.43 Å². The smallest absolute Gasteiger partial charge is 0.210 e. The molecule has 7 heavy (non-hydrogen) atoms. The second-order valence-corrected chi connectivity index (χ2v) is 1.04. The van der Waals surface area contributed by atoms with Crippen LogP contribution in [0.4, 0.5) is 0 Å². The van der Waals surface area contributed by atoms with E-state index in [0.29, 0.717) is 13.2 Å². The van der Waals surface area contributed by atoms with Crippen LogP contribution in [0.3, 0.4) is 0 Å². The molecule has 0 aromatic heterocycles. The molecule has 0 amide bonds. The van der Waals surface area contributed by atoms with Crippen molar-refractivity contribution in [2.24, 2.45) is 0 Å². The van der Waals surface area contributed by atoms with Crippen LogP contribution in [0.5, 0.6) is 0 Å². The molecular formula is C4H10O3. The quantitative estimate of drug-likeness (QED) is 0.443. The lowest BCUT2D eigenvalue weighted by Crippen LogP contribution is -2.03. The van der Waals surface area contributed by atoms with Crippen molar-refractivity contribution in [1.82, 2.24) is 0 Å². The van der Waals surface area contributed by atoms with E-state index in [9.17, 15) is 0 Å². The van der Waals surface area contributed by atoms with Gasteiger partial charge in [-0.1, -0.05) is 0 Å². The molecule has 0 spiro atoms. The summed E-state index contributed by atoms with van der Waals surface area (Å²) in [7, 11) is 0. The first-order chi connectivity index (χ1) is 3.91. The Morgan fingerprint density at radius 3 is 2.71 bits per heavy atom. The molecule has 0 aromatic carbocycles. The van der Waals surface area contributed by atoms with Gasteiger partial charge in [-0.25, -0.2) is 0 Å². The maximum absolute atomic E-state index is 8.15. The zero-order valence-electron chi connectivity index (χ0n) is 5.09. The van der Waals surface area contributed by atoms with Gasteiger partial charge in [-0.2, -0.15) is 0 Å². The van der Waals surface area contributed by atoms with Crippen LogP contribution < -0.4 is 0 Å². The fourth-order valence-corrected chi connectivity index (χ4v) is 0.226. The lowest BCUT2D eigenvalue weighted by atomic mass is 10.7. The molecule has 3 nitrogen and oxygen atoms in total. The number of hydrogen-bond acceptors (Lipinski definition) is 3. The summed E-state index contributed by atoms with van der Waals surface area (Å²) in [6, 6.07) is 0. The van der Waals surface area contributed by atoms with Crippen molar-refractivity contribution >= 4 is 0 Å². The van der Waals surface area contributed by atoms with E-state index in [0.717, 1.165) is 0 Å². The Bertz CT molecular complexity index is 36.3. The molecule has 0 bridgehead atoms. The van der Waals surface area contributed by atoms with E-state index >= 15 is 0 Å². The Morgan fingerprint density at radius 2 is 2.14 bits per heavy atom. The van der Waals surface area contributed by atoms with E-state index in [4.69, 9.17) is 11.3 Å². The van der Waals surface area contributed by atoms with Crippen molar-refractivity contribution in [2.45, 2.75) is 0 Å². The minimum absolute atomic E-state index is 0.0258. The molecule has 0 heterocycles. The van der Waals surface area contributed by atoms with E-state index in [1.165, 1.54) is 0 Å². The largest absolute Gasteiger partial charge is 0.394 e. The average molecular weight is 108 g/mol. The summed E-state index contributed by atoms with van der Waals surface area (Å²) in [6.45, 7) is 0.991. The zero-order chi connectivity index (χ0) is 6.24. The monoisotopic (exact) mass is 108 g/mol. The lowest BCUT2D eigenvalue weighted by molar-refractivity contribution is 0.0650. The summed E-state index contributed by atoms with van der Waals surface area (Å²) < 4.78 is 10.9. The topological polar surface area (TPSA) is 49.7 Å². The predicted molar refractivity (Wildman–Crippen MR) is 25.0 cm³/mol. The number of rotatable bonds is 5. The van der Waals surface area contributed by atoms with Gasteiger partial charge in [0.05, 0.1) is 26.4 Å². The summed E-state index contributed by atoms with van der Waals surface area (Å²) in [5, 5.41) is 12.1. The molecule has 0 aliphatic heterocycles. The molecule has 0 saturated heterocycles. The summed E-state index contributed by atoms with van der Waals surface area (Å²) in [5.74, 6) is 0. The van der Waals surface area contributed by atoms with Gasteiger partial charge in [0.25, 0.3) is 0 Å². The molecule has 0 saturated carbocycles. The molecule has 3 heteroatoms. The molecule has 0 radical (unpaired) electrons. The van der Waals surface area contributed by atoms with E-state index in [1.807, 2.05) is 0 Å². The minimum Gasteiger partial charge on any atom is -0.394 e. The van der Waals surface area contributed by atoms with E-state index in [-0.39, 0.29) is 13.2 Å². The van der Waals surface area contributed by atoms with Crippen LogP contribution in [0, 0.1) is 0 Å². The van der Waals surface area contributed by atoms with Crippen LogP contribution in [0.2, 0.25) is 0 Å². The second-order valence-electron chi connectivity index (χ2n) is 1.04. The summed E-state index contributed by atoms with van der Waals surface area (Å²) in [6.07, 6.45) is 0. The van der Waals surface area contributed by atoms with Gasteiger partial charge in [0.1, 0.15) is 0 Å². The first-order valence-corrected chi connectivity index (χ1v) is 2.18. The summed E-state index contributed by atoms with van der Waals surface area (Å²) >= 11 is 0. The third kappa shape index (κ3) is 5.88. The SMILES string of the molecule is [3H]OCCOCCO. The van der Waals surface area contributed by atoms with E-state index < -0.39 is 0 Å². The van der Waals surface area contributed by atoms with Crippen molar-refractivity contribution in [3.63, 3.8) is 0 Å². The predicted octanol–water partition coefficient (Wildman–Crippen LogP) is -1.01. The number of ether oxygens (including phenoxy) is 1. The van der Waals surface area contributed by atoms with E-state index in [1.54, 1.807) is 0 Å². The zero-order valence-corrected chi connectivity index (χ0v) is 4.09. The van der Waals surface area contributed by atoms with Crippen LogP contribution >= 0.6 is 0 Å². The highest BCUT2D eigenvalue weighted by Gasteiger charge is 1.79. The number of hydrogen-bond donors (Lipinski definition) is 2. The lowest BCUT2D eigenvalue weighted by Gasteiger charge is -1.94. The average Bonchev–Trinajstić information content (AvgIpc) is 1.81. The van der Waals surface area contributed by atoms with Gasteiger partial charge in [0.2, 0.25) is 1.43 Å². The molecule has 0 rings (SSSR count). The first kappa shape index (κ1) is 5.03. The van der Waals surface area contributed by atoms with Crippen LogP contribution in [0.15, 0.2) is 0 Å². The van der Waals surface area contributed by atoms with Gasteiger partial charge in [0, 0.05) is 0 Å². The Labute approximate surface area is 44.0 Å². The van der Waals surface area contributed by atoms with Gasteiger partial charge in [0.15, 0.2) is 0 Å². The van der Waals surface area contributed by atoms with Crippen molar-refractivity contribution in [3.05, 3.63) is 0 Å². The molecule has 0 unspecified atom stereocenters. The van der Waals surface area contributed by atoms with Crippen LogP contribution in [0.1, 0.15) is 0 Å². The van der Waals surface area contributed by atoms with Crippen molar-refractivity contribution < 1.29 is 15.0 Å². The third-order valence-corrected chi connectivity index (χ3v) is 0.463. The van der Waals surface area contributed by atoms with Crippen molar-refractivity contribution in [2.75, 3.05) is 26.4 Å². The van der Waals surface area contributed by atoms with E-state index in [2.05, 4.69) is 5.11 Å². The van der Waals surface area contributed by atoms with Crippen molar-refractivity contribution in [3.8, 4) is 0 Å². The number of aliphatic hydroxyl groups is 2. The highest BCUT2D eigenvalue weighted by atomic mass is 16.5. The summed E-state index contributed by atoms with van der Waals surface area (Å²) in [5.41, 5.74) is 0. The fourth-order valence-electron chi connectivity index (χ4n) is 0.226. The number of aliphatic hydroxyl groups excluding tert-OH is 2. The molecule has 0 fully saturated rings. The van der Waals surface area contributed by atoms with Crippen LogP contribution in [-0.2, 0) is 4.74 Å². The second kappa shape index (κ2) is 5.88. The van der Waals surface area contributed by atoms with Gasteiger partial charge < -0.3 is 15.0 Å². The standard InChI is InChI=1S/C4H10O3/c5-1-3-7-4-2-6/h5-6H,1-4H2/i5T. The molecule has 0 atom stereocenters. The van der Waals surface area contributed by atoms with Gasteiger partial charge in [-0.3, -0.25) is 0 Å². The van der Waals surface area contributed by atoms with Crippen LogP contribution in [0.25, 0.3) is 0 Å². The Morgan fingerprint density at radius 1 is 1.43 bits per heavy atom.